The van der Waals surface area contributed by atoms with Crippen LogP contribution in [0.1, 0.15) is 12.8 Å². The number of rotatable bonds is 9. The van der Waals surface area contributed by atoms with Gasteiger partial charge in [-0.15, -0.1) is 0 Å². The molecule has 6 nitrogen and oxygen atoms in total. The third-order valence-electron chi connectivity index (χ3n) is 2.77. The zero-order valence-electron chi connectivity index (χ0n) is 11.4. The van der Waals surface area contributed by atoms with E-state index in [4.69, 9.17) is 5.11 Å². The third kappa shape index (κ3) is 6.53. The van der Waals surface area contributed by atoms with E-state index < -0.39 is 16.0 Å². The van der Waals surface area contributed by atoms with Crippen LogP contribution in [0, 0.1) is 0 Å². The number of likely N-dealkylation sites (N-methyl/N-ethyl adjacent to an activating group) is 1. The van der Waals surface area contributed by atoms with E-state index in [1.165, 1.54) is 0 Å². The van der Waals surface area contributed by atoms with E-state index in [0.29, 0.717) is 13.1 Å². The van der Waals surface area contributed by atoms with Crippen LogP contribution >= 0.6 is 0 Å². The second-order valence-corrected chi connectivity index (χ2v) is 6.39. The second kappa shape index (κ2) is 7.86. The molecular formula is C13H20N2O4S. The molecule has 0 aliphatic heterocycles. The third-order valence-corrected chi connectivity index (χ3v) is 4.24. The number of benzene rings is 1. The minimum absolute atomic E-state index is 0.124. The van der Waals surface area contributed by atoms with Gasteiger partial charge in [-0.1, -0.05) is 18.2 Å². The number of para-hydroxylation sites is 1. The highest BCUT2D eigenvalue weighted by molar-refractivity contribution is 7.89. The van der Waals surface area contributed by atoms with E-state index in [2.05, 4.69) is 4.72 Å². The molecule has 0 saturated heterocycles. The Morgan fingerprint density at radius 3 is 2.55 bits per heavy atom. The van der Waals surface area contributed by atoms with Gasteiger partial charge in [-0.05, 0) is 18.6 Å². The van der Waals surface area contributed by atoms with Gasteiger partial charge in [0, 0.05) is 32.2 Å². The first-order chi connectivity index (χ1) is 9.41. The quantitative estimate of drug-likeness (QED) is 0.708. The molecule has 20 heavy (non-hydrogen) atoms. The van der Waals surface area contributed by atoms with Crippen LogP contribution in [0.2, 0.25) is 0 Å². The van der Waals surface area contributed by atoms with Crippen molar-refractivity contribution in [3.63, 3.8) is 0 Å². The van der Waals surface area contributed by atoms with E-state index >= 15 is 0 Å². The van der Waals surface area contributed by atoms with Gasteiger partial charge in [-0.3, -0.25) is 4.79 Å². The molecule has 0 bridgehead atoms. The van der Waals surface area contributed by atoms with Gasteiger partial charge in [0.15, 0.2) is 0 Å². The number of hydrogen-bond acceptors (Lipinski definition) is 4. The molecule has 0 aliphatic carbocycles. The van der Waals surface area contributed by atoms with Crippen LogP contribution in [0.25, 0.3) is 0 Å². The monoisotopic (exact) mass is 300 g/mol. The van der Waals surface area contributed by atoms with Gasteiger partial charge >= 0.3 is 5.97 Å². The first kappa shape index (κ1) is 16.5. The Hall–Kier alpha value is -1.60. The summed E-state index contributed by atoms with van der Waals surface area (Å²) in [7, 11) is -1.51. The van der Waals surface area contributed by atoms with Crippen molar-refractivity contribution in [3.05, 3.63) is 30.3 Å². The zero-order chi connectivity index (χ0) is 15.0. The number of anilines is 1. The number of nitrogens with zero attached hydrogens (tertiary/aromatic N) is 1. The lowest BCUT2D eigenvalue weighted by Crippen LogP contribution is -2.34. The predicted molar refractivity (Wildman–Crippen MR) is 78.4 cm³/mol. The van der Waals surface area contributed by atoms with E-state index in [1.807, 2.05) is 42.3 Å². The topological polar surface area (TPSA) is 86.7 Å². The fraction of sp³-hybridized carbons (Fsp3) is 0.462. The van der Waals surface area contributed by atoms with Crippen molar-refractivity contribution < 1.29 is 18.3 Å². The van der Waals surface area contributed by atoms with Crippen molar-refractivity contribution in [3.8, 4) is 0 Å². The normalized spacial score (nSPS) is 11.2. The number of sulfonamides is 1. The van der Waals surface area contributed by atoms with Crippen LogP contribution in [0.15, 0.2) is 30.3 Å². The molecule has 0 heterocycles. The summed E-state index contributed by atoms with van der Waals surface area (Å²) in [6.07, 6.45) is -0.00990. The molecule has 1 aromatic carbocycles. The first-order valence-corrected chi connectivity index (χ1v) is 8.01. The Morgan fingerprint density at radius 1 is 1.30 bits per heavy atom. The van der Waals surface area contributed by atoms with Gasteiger partial charge in [-0.2, -0.15) is 0 Å². The Labute approximate surface area is 119 Å². The lowest BCUT2D eigenvalue weighted by Gasteiger charge is -2.19. The summed E-state index contributed by atoms with van der Waals surface area (Å²) < 4.78 is 25.7. The Bertz CT molecular complexity index is 516. The Balaban J connectivity index is 2.30. The number of carbonyl (C=O) groups is 1. The summed E-state index contributed by atoms with van der Waals surface area (Å²) in [6, 6.07) is 9.65. The lowest BCUT2D eigenvalue weighted by molar-refractivity contribution is -0.137. The smallest absolute Gasteiger partial charge is 0.303 e. The number of nitrogens with one attached hydrogen (secondary N) is 1. The van der Waals surface area contributed by atoms with E-state index in [9.17, 15) is 13.2 Å². The standard InChI is InChI=1S/C13H20N2O4S/c1-15(12-6-3-2-4-7-12)10-9-14-20(18,19)11-5-8-13(16)17/h2-4,6-7,14H,5,8-11H2,1H3,(H,16,17). The van der Waals surface area contributed by atoms with Crippen LogP contribution in [0.3, 0.4) is 0 Å². The van der Waals surface area contributed by atoms with Crippen molar-refractivity contribution >= 4 is 21.7 Å². The highest BCUT2D eigenvalue weighted by Gasteiger charge is 2.11. The summed E-state index contributed by atoms with van der Waals surface area (Å²) in [6.45, 7) is 0.836. The molecule has 0 aromatic heterocycles. The molecular weight excluding hydrogens is 280 g/mol. The molecule has 0 spiro atoms. The van der Waals surface area contributed by atoms with Gasteiger partial charge < -0.3 is 10.0 Å². The van der Waals surface area contributed by atoms with E-state index in [-0.39, 0.29) is 18.6 Å². The van der Waals surface area contributed by atoms with E-state index in [0.717, 1.165) is 5.69 Å². The molecule has 0 unspecified atom stereocenters. The maximum absolute atomic E-state index is 11.6. The van der Waals surface area contributed by atoms with Crippen LogP contribution in [0.5, 0.6) is 0 Å². The van der Waals surface area contributed by atoms with Gasteiger partial charge in [0.05, 0.1) is 5.75 Å². The van der Waals surface area contributed by atoms with Crippen molar-refractivity contribution in [1.82, 2.24) is 4.72 Å². The average Bonchev–Trinajstić information content (AvgIpc) is 2.38. The SMILES string of the molecule is CN(CCNS(=O)(=O)CCCC(=O)O)c1ccccc1. The maximum atomic E-state index is 11.6. The Morgan fingerprint density at radius 2 is 1.95 bits per heavy atom. The molecule has 0 aliphatic rings. The summed E-state index contributed by atoms with van der Waals surface area (Å²) in [5, 5.41) is 8.46. The number of hydrogen-bond donors (Lipinski definition) is 2. The maximum Gasteiger partial charge on any atom is 0.303 e. The highest BCUT2D eigenvalue weighted by atomic mass is 32.2. The summed E-state index contributed by atoms with van der Waals surface area (Å²) >= 11 is 0. The van der Waals surface area contributed by atoms with Crippen molar-refractivity contribution in [2.45, 2.75) is 12.8 Å². The number of carboxylic acid groups (broad SMARTS) is 1. The average molecular weight is 300 g/mol. The van der Waals surface area contributed by atoms with Crippen molar-refractivity contribution in [2.75, 3.05) is 30.8 Å². The summed E-state index contributed by atoms with van der Waals surface area (Å²) in [5.41, 5.74) is 1.01. The Kier molecular flexibility index (Phi) is 6.47. The van der Waals surface area contributed by atoms with Gasteiger partial charge in [0.25, 0.3) is 0 Å². The molecule has 1 aromatic rings. The predicted octanol–water partition coefficient (Wildman–Crippen LogP) is 0.907. The molecule has 0 saturated carbocycles. The highest BCUT2D eigenvalue weighted by Crippen LogP contribution is 2.09. The molecule has 7 heteroatoms. The fourth-order valence-corrected chi connectivity index (χ4v) is 2.74. The molecule has 2 N–H and O–H groups in total. The zero-order valence-corrected chi connectivity index (χ0v) is 12.3. The van der Waals surface area contributed by atoms with Crippen LogP contribution in [-0.2, 0) is 14.8 Å². The van der Waals surface area contributed by atoms with Crippen LogP contribution in [0.4, 0.5) is 5.69 Å². The van der Waals surface area contributed by atoms with Gasteiger partial charge in [-0.25, -0.2) is 13.1 Å². The van der Waals surface area contributed by atoms with Gasteiger partial charge in [0.1, 0.15) is 0 Å². The molecule has 1 rings (SSSR count). The molecule has 0 amide bonds. The first-order valence-electron chi connectivity index (χ1n) is 6.36. The second-order valence-electron chi connectivity index (χ2n) is 4.47. The largest absolute Gasteiger partial charge is 0.481 e. The molecule has 0 atom stereocenters. The van der Waals surface area contributed by atoms with Crippen molar-refractivity contribution in [1.29, 1.82) is 0 Å². The minimum Gasteiger partial charge on any atom is -0.481 e. The summed E-state index contributed by atoms with van der Waals surface area (Å²) in [4.78, 5) is 12.3. The molecule has 0 fully saturated rings. The van der Waals surface area contributed by atoms with E-state index in [1.54, 1.807) is 0 Å². The lowest BCUT2D eigenvalue weighted by atomic mass is 10.3. The number of carboxylic acids is 1. The molecule has 0 radical (unpaired) electrons. The fourth-order valence-electron chi connectivity index (χ4n) is 1.67. The summed E-state index contributed by atoms with van der Waals surface area (Å²) in [5.74, 6) is -1.14. The molecule has 112 valence electrons. The van der Waals surface area contributed by atoms with Gasteiger partial charge in [0.2, 0.25) is 10.0 Å². The number of aliphatic carboxylic acids is 1. The van der Waals surface area contributed by atoms with Crippen LogP contribution in [-0.4, -0.2) is 45.4 Å². The van der Waals surface area contributed by atoms with Crippen molar-refractivity contribution in [2.24, 2.45) is 0 Å². The minimum atomic E-state index is -3.40. The van der Waals surface area contributed by atoms with Crippen LogP contribution < -0.4 is 9.62 Å².